The van der Waals surface area contributed by atoms with Gasteiger partial charge in [0, 0.05) is 5.56 Å². The summed E-state index contributed by atoms with van der Waals surface area (Å²) in [6, 6.07) is 8.53. The fraction of sp³-hybridized carbons (Fsp3) is 0.200. The van der Waals surface area contributed by atoms with Crippen LogP contribution in [-0.4, -0.2) is 26.1 Å². The molecule has 0 aliphatic rings. The number of benzene rings is 1. The Labute approximate surface area is 126 Å². The normalized spacial score (nSPS) is 10.0. The van der Waals surface area contributed by atoms with E-state index in [9.17, 15) is 9.59 Å². The highest BCUT2D eigenvalue weighted by atomic mass is 32.1. The number of rotatable bonds is 4. The molecule has 21 heavy (non-hydrogen) atoms. The average molecular weight is 305 g/mol. The topological polar surface area (TPSA) is 64.6 Å². The van der Waals surface area contributed by atoms with Crippen molar-refractivity contribution in [3.8, 4) is 5.75 Å². The first-order valence-corrected chi connectivity index (χ1v) is 7.01. The van der Waals surface area contributed by atoms with Gasteiger partial charge in [0.2, 0.25) is 0 Å². The van der Waals surface area contributed by atoms with Gasteiger partial charge in [-0.15, -0.1) is 11.3 Å². The summed E-state index contributed by atoms with van der Waals surface area (Å²) in [6.45, 7) is 1.84. The largest absolute Gasteiger partial charge is 0.497 e. The lowest BCUT2D eigenvalue weighted by Gasteiger charge is -2.07. The van der Waals surface area contributed by atoms with E-state index in [0.717, 1.165) is 5.56 Å². The zero-order valence-electron chi connectivity index (χ0n) is 11.9. The van der Waals surface area contributed by atoms with Gasteiger partial charge in [-0.3, -0.25) is 4.79 Å². The second-order valence-electron chi connectivity index (χ2n) is 4.29. The third-order valence-corrected chi connectivity index (χ3v) is 3.89. The van der Waals surface area contributed by atoms with Crippen molar-refractivity contribution in [2.45, 2.75) is 6.92 Å². The van der Waals surface area contributed by atoms with Gasteiger partial charge in [0.05, 0.1) is 19.2 Å². The summed E-state index contributed by atoms with van der Waals surface area (Å²) in [6.07, 6.45) is 0. The lowest BCUT2D eigenvalue weighted by atomic mass is 10.1. The third-order valence-electron chi connectivity index (χ3n) is 2.91. The molecule has 1 aromatic heterocycles. The molecule has 110 valence electrons. The van der Waals surface area contributed by atoms with Crippen molar-refractivity contribution in [2.24, 2.45) is 0 Å². The van der Waals surface area contributed by atoms with Crippen LogP contribution in [-0.2, 0) is 4.74 Å². The second kappa shape index (κ2) is 6.41. The monoisotopic (exact) mass is 305 g/mol. The van der Waals surface area contributed by atoms with E-state index in [-0.39, 0.29) is 5.91 Å². The fourth-order valence-corrected chi connectivity index (χ4v) is 2.63. The van der Waals surface area contributed by atoms with E-state index in [0.29, 0.717) is 21.2 Å². The third kappa shape index (κ3) is 3.41. The first-order valence-electron chi connectivity index (χ1n) is 6.19. The Morgan fingerprint density at radius 3 is 2.52 bits per heavy atom. The van der Waals surface area contributed by atoms with Crippen LogP contribution in [0.2, 0.25) is 0 Å². The van der Waals surface area contributed by atoms with Gasteiger partial charge >= 0.3 is 5.97 Å². The molecule has 0 atom stereocenters. The first kappa shape index (κ1) is 15.1. The van der Waals surface area contributed by atoms with Crippen molar-refractivity contribution in [1.82, 2.24) is 0 Å². The molecule has 0 spiro atoms. The van der Waals surface area contributed by atoms with Gasteiger partial charge in [-0.2, -0.15) is 0 Å². The Balaban J connectivity index is 2.14. The number of nitrogens with one attached hydrogen (secondary N) is 1. The molecular weight excluding hydrogens is 290 g/mol. The molecule has 2 aromatic rings. The minimum atomic E-state index is -0.416. The molecule has 0 bridgehead atoms. The average Bonchev–Trinajstić information content (AvgIpc) is 2.94. The van der Waals surface area contributed by atoms with Crippen LogP contribution < -0.4 is 10.1 Å². The molecule has 1 N–H and O–H groups in total. The summed E-state index contributed by atoms with van der Waals surface area (Å²) in [4.78, 5) is 24.0. The van der Waals surface area contributed by atoms with Crippen molar-refractivity contribution in [3.63, 3.8) is 0 Å². The maximum absolute atomic E-state index is 12.2. The highest BCUT2D eigenvalue weighted by molar-refractivity contribution is 7.18. The number of anilines is 1. The summed E-state index contributed by atoms with van der Waals surface area (Å²) in [5, 5.41) is 3.36. The molecule has 0 unspecified atom stereocenters. The number of amides is 1. The summed E-state index contributed by atoms with van der Waals surface area (Å²) in [5.41, 5.74) is 1.38. The maximum atomic E-state index is 12.2. The number of esters is 1. The minimum absolute atomic E-state index is 0.228. The number of carbonyl (C=O) groups is 2. The van der Waals surface area contributed by atoms with E-state index in [1.807, 2.05) is 6.92 Å². The molecule has 0 aliphatic carbocycles. The number of methoxy groups -OCH3 is 2. The SMILES string of the molecule is COC(=O)c1ccc(NC(=O)c2ccc(OC)cc2C)s1. The van der Waals surface area contributed by atoms with E-state index in [4.69, 9.17) is 4.74 Å². The van der Waals surface area contributed by atoms with Gasteiger partial charge < -0.3 is 14.8 Å². The Hall–Kier alpha value is -2.34. The van der Waals surface area contributed by atoms with E-state index in [1.54, 1.807) is 37.4 Å². The van der Waals surface area contributed by atoms with Crippen LogP contribution in [0.5, 0.6) is 5.75 Å². The Kier molecular flexibility index (Phi) is 4.59. The summed E-state index contributed by atoms with van der Waals surface area (Å²) < 4.78 is 9.74. The second-order valence-corrected chi connectivity index (χ2v) is 5.37. The van der Waals surface area contributed by atoms with Crippen LogP contribution in [0.4, 0.5) is 5.00 Å². The van der Waals surface area contributed by atoms with Crippen molar-refractivity contribution in [3.05, 3.63) is 46.3 Å². The van der Waals surface area contributed by atoms with E-state index < -0.39 is 5.97 Å². The van der Waals surface area contributed by atoms with E-state index in [2.05, 4.69) is 10.1 Å². The molecule has 1 aromatic carbocycles. The lowest BCUT2D eigenvalue weighted by Crippen LogP contribution is -2.12. The Bertz CT molecular complexity index is 678. The molecule has 0 fully saturated rings. The molecule has 0 saturated heterocycles. The summed E-state index contributed by atoms with van der Waals surface area (Å²) in [7, 11) is 2.90. The highest BCUT2D eigenvalue weighted by Gasteiger charge is 2.13. The molecule has 0 radical (unpaired) electrons. The highest BCUT2D eigenvalue weighted by Crippen LogP contribution is 2.24. The van der Waals surface area contributed by atoms with Crippen molar-refractivity contribution in [2.75, 3.05) is 19.5 Å². The van der Waals surface area contributed by atoms with Crippen molar-refractivity contribution in [1.29, 1.82) is 0 Å². The van der Waals surface area contributed by atoms with Gasteiger partial charge in [-0.05, 0) is 42.8 Å². The number of thiophene rings is 1. The number of aryl methyl sites for hydroxylation is 1. The van der Waals surface area contributed by atoms with Gasteiger partial charge in [-0.25, -0.2) is 4.79 Å². The minimum Gasteiger partial charge on any atom is -0.497 e. The van der Waals surface area contributed by atoms with Crippen LogP contribution in [0.3, 0.4) is 0 Å². The van der Waals surface area contributed by atoms with Gasteiger partial charge in [-0.1, -0.05) is 0 Å². The standard InChI is InChI=1S/C15H15NO4S/c1-9-8-10(19-2)4-5-11(9)14(17)16-13-7-6-12(21-13)15(18)20-3/h4-8H,1-3H3,(H,16,17). The quantitative estimate of drug-likeness (QED) is 0.882. The summed E-state index contributed by atoms with van der Waals surface area (Å²) >= 11 is 1.17. The van der Waals surface area contributed by atoms with Crippen LogP contribution in [0.1, 0.15) is 25.6 Å². The molecule has 0 aliphatic heterocycles. The van der Waals surface area contributed by atoms with Crippen LogP contribution in [0.15, 0.2) is 30.3 Å². The maximum Gasteiger partial charge on any atom is 0.348 e. The number of ether oxygens (including phenoxy) is 2. The van der Waals surface area contributed by atoms with E-state index >= 15 is 0 Å². The zero-order valence-corrected chi connectivity index (χ0v) is 12.7. The molecule has 2 rings (SSSR count). The Morgan fingerprint density at radius 2 is 1.90 bits per heavy atom. The molecular formula is C15H15NO4S. The molecule has 6 heteroatoms. The first-order chi connectivity index (χ1) is 10.0. The van der Waals surface area contributed by atoms with E-state index in [1.165, 1.54) is 18.4 Å². The number of carbonyl (C=O) groups excluding carboxylic acids is 2. The number of hydrogen-bond donors (Lipinski definition) is 1. The summed E-state index contributed by atoms with van der Waals surface area (Å²) in [5.74, 6) is 0.0581. The fourth-order valence-electron chi connectivity index (χ4n) is 1.81. The predicted molar refractivity (Wildman–Crippen MR) is 81.3 cm³/mol. The molecule has 5 nitrogen and oxygen atoms in total. The van der Waals surface area contributed by atoms with Gasteiger partial charge in [0.25, 0.3) is 5.91 Å². The van der Waals surface area contributed by atoms with Crippen LogP contribution in [0.25, 0.3) is 0 Å². The molecule has 0 saturated carbocycles. The zero-order chi connectivity index (χ0) is 15.4. The molecule has 1 heterocycles. The Morgan fingerprint density at radius 1 is 1.14 bits per heavy atom. The molecule has 1 amide bonds. The number of hydrogen-bond acceptors (Lipinski definition) is 5. The predicted octanol–water partition coefficient (Wildman–Crippen LogP) is 3.10. The van der Waals surface area contributed by atoms with Crippen LogP contribution >= 0.6 is 11.3 Å². The van der Waals surface area contributed by atoms with Crippen molar-refractivity contribution >= 4 is 28.2 Å². The lowest BCUT2D eigenvalue weighted by molar-refractivity contribution is 0.0606. The van der Waals surface area contributed by atoms with Crippen LogP contribution in [0, 0.1) is 6.92 Å². The van der Waals surface area contributed by atoms with Gasteiger partial charge in [0.15, 0.2) is 0 Å². The van der Waals surface area contributed by atoms with Crippen molar-refractivity contribution < 1.29 is 19.1 Å². The smallest absolute Gasteiger partial charge is 0.348 e. The van der Waals surface area contributed by atoms with Gasteiger partial charge in [0.1, 0.15) is 10.6 Å².